The fourth-order valence-corrected chi connectivity index (χ4v) is 1.11. The predicted octanol–water partition coefficient (Wildman–Crippen LogP) is 1.62. The number of aromatic nitrogens is 1. The zero-order valence-electron chi connectivity index (χ0n) is 8.97. The Labute approximate surface area is 93.1 Å². The molecular formula is C11H13NO4. The molecule has 0 aliphatic carbocycles. The smallest absolute Gasteiger partial charge is 0.354 e. The van der Waals surface area contributed by atoms with E-state index in [0.717, 1.165) is 6.42 Å². The zero-order valence-corrected chi connectivity index (χ0v) is 8.97. The van der Waals surface area contributed by atoms with Crippen LogP contribution in [0.1, 0.15) is 35.9 Å². The predicted molar refractivity (Wildman–Crippen MR) is 55.9 cm³/mol. The van der Waals surface area contributed by atoms with Gasteiger partial charge in [0, 0.05) is 6.42 Å². The number of hydrogen-bond acceptors (Lipinski definition) is 4. The lowest BCUT2D eigenvalue weighted by atomic mass is 10.3. The van der Waals surface area contributed by atoms with Crippen LogP contribution in [0.15, 0.2) is 18.2 Å². The van der Waals surface area contributed by atoms with Crippen LogP contribution in [0.2, 0.25) is 0 Å². The summed E-state index contributed by atoms with van der Waals surface area (Å²) >= 11 is 0. The standard InChI is InChI=1S/C11H13NO4/c1-2-4-10(13)16-7-8-5-3-6-9(12-8)11(14)15/h3,5-6H,2,4,7H2,1H3,(H,14,15). The summed E-state index contributed by atoms with van der Waals surface area (Å²) in [4.78, 5) is 25.5. The first-order valence-corrected chi connectivity index (χ1v) is 4.98. The summed E-state index contributed by atoms with van der Waals surface area (Å²) in [5.41, 5.74) is 0.383. The minimum absolute atomic E-state index is 0.0138. The lowest BCUT2D eigenvalue weighted by Gasteiger charge is -2.03. The summed E-state index contributed by atoms with van der Waals surface area (Å²) in [6, 6.07) is 4.57. The molecule has 1 heterocycles. The van der Waals surface area contributed by atoms with Crippen LogP contribution in [-0.2, 0) is 16.1 Å². The Morgan fingerprint density at radius 2 is 2.19 bits per heavy atom. The molecule has 0 unspecified atom stereocenters. The maximum Gasteiger partial charge on any atom is 0.354 e. The number of esters is 1. The number of aromatic carboxylic acids is 1. The number of hydrogen-bond donors (Lipinski definition) is 1. The molecule has 0 radical (unpaired) electrons. The fourth-order valence-electron chi connectivity index (χ4n) is 1.11. The van der Waals surface area contributed by atoms with E-state index in [0.29, 0.717) is 12.1 Å². The van der Waals surface area contributed by atoms with Crippen LogP contribution in [0.3, 0.4) is 0 Å². The minimum Gasteiger partial charge on any atom is -0.477 e. The normalized spacial score (nSPS) is 9.81. The highest BCUT2D eigenvalue weighted by Crippen LogP contribution is 2.02. The van der Waals surface area contributed by atoms with Crippen molar-refractivity contribution < 1.29 is 19.4 Å². The van der Waals surface area contributed by atoms with Gasteiger partial charge in [0.15, 0.2) is 0 Å². The van der Waals surface area contributed by atoms with Crippen molar-refractivity contribution in [3.05, 3.63) is 29.6 Å². The van der Waals surface area contributed by atoms with E-state index in [2.05, 4.69) is 4.98 Å². The van der Waals surface area contributed by atoms with Gasteiger partial charge in [0.25, 0.3) is 0 Å². The van der Waals surface area contributed by atoms with E-state index in [1.807, 2.05) is 6.92 Å². The Kier molecular flexibility index (Phi) is 4.44. The van der Waals surface area contributed by atoms with Gasteiger partial charge in [0.05, 0.1) is 5.69 Å². The molecule has 1 aromatic heterocycles. The van der Waals surface area contributed by atoms with Gasteiger partial charge in [-0.2, -0.15) is 0 Å². The molecule has 86 valence electrons. The topological polar surface area (TPSA) is 76.5 Å². The number of carbonyl (C=O) groups is 2. The quantitative estimate of drug-likeness (QED) is 0.767. The molecule has 0 saturated heterocycles. The molecule has 0 atom stereocenters. The highest BCUT2D eigenvalue weighted by molar-refractivity contribution is 5.85. The molecule has 0 aliphatic heterocycles. The number of carboxylic acids is 1. The van der Waals surface area contributed by atoms with Gasteiger partial charge in [-0.1, -0.05) is 13.0 Å². The van der Waals surface area contributed by atoms with Crippen molar-refractivity contribution in [2.45, 2.75) is 26.4 Å². The van der Waals surface area contributed by atoms with Crippen LogP contribution < -0.4 is 0 Å². The minimum atomic E-state index is -1.10. The van der Waals surface area contributed by atoms with E-state index >= 15 is 0 Å². The van der Waals surface area contributed by atoms with Crippen LogP contribution in [0.4, 0.5) is 0 Å². The van der Waals surface area contributed by atoms with E-state index < -0.39 is 5.97 Å². The second kappa shape index (κ2) is 5.85. The Hall–Kier alpha value is -1.91. The van der Waals surface area contributed by atoms with Crippen LogP contribution in [-0.4, -0.2) is 22.0 Å². The molecule has 0 aromatic carbocycles. The van der Waals surface area contributed by atoms with E-state index in [-0.39, 0.29) is 18.3 Å². The molecule has 0 spiro atoms. The molecule has 5 nitrogen and oxygen atoms in total. The van der Waals surface area contributed by atoms with Crippen molar-refractivity contribution in [3.63, 3.8) is 0 Å². The van der Waals surface area contributed by atoms with Gasteiger partial charge in [-0.05, 0) is 18.6 Å². The third kappa shape index (κ3) is 3.68. The molecule has 0 bridgehead atoms. The summed E-state index contributed by atoms with van der Waals surface area (Å²) in [7, 11) is 0. The average molecular weight is 223 g/mol. The first kappa shape index (κ1) is 12.2. The lowest BCUT2D eigenvalue weighted by Crippen LogP contribution is -2.07. The van der Waals surface area contributed by atoms with Gasteiger partial charge in [0.2, 0.25) is 0 Å². The number of rotatable bonds is 5. The van der Waals surface area contributed by atoms with Gasteiger partial charge < -0.3 is 9.84 Å². The average Bonchev–Trinajstić information content (AvgIpc) is 2.27. The molecule has 1 aromatic rings. The summed E-state index contributed by atoms with van der Waals surface area (Å²) < 4.78 is 4.91. The maximum atomic E-state index is 11.1. The monoisotopic (exact) mass is 223 g/mol. The van der Waals surface area contributed by atoms with Crippen LogP contribution >= 0.6 is 0 Å². The maximum absolute atomic E-state index is 11.1. The van der Waals surface area contributed by atoms with Crippen molar-refractivity contribution in [1.29, 1.82) is 0 Å². The van der Waals surface area contributed by atoms with Gasteiger partial charge in [-0.25, -0.2) is 9.78 Å². The van der Waals surface area contributed by atoms with Crippen molar-refractivity contribution in [1.82, 2.24) is 4.98 Å². The number of carboxylic acid groups (broad SMARTS) is 1. The van der Waals surface area contributed by atoms with Crippen molar-refractivity contribution in [2.24, 2.45) is 0 Å². The van der Waals surface area contributed by atoms with E-state index in [1.54, 1.807) is 12.1 Å². The number of carbonyl (C=O) groups excluding carboxylic acids is 1. The molecule has 5 heteroatoms. The second-order valence-electron chi connectivity index (χ2n) is 3.23. The van der Waals surface area contributed by atoms with Gasteiger partial charge in [-0.15, -0.1) is 0 Å². The summed E-state index contributed by atoms with van der Waals surface area (Å²) in [6.07, 6.45) is 1.08. The first-order chi connectivity index (χ1) is 7.63. The molecule has 0 saturated carbocycles. The Morgan fingerprint density at radius 3 is 2.81 bits per heavy atom. The number of pyridine rings is 1. The SMILES string of the molecule is CCCC(=O)OCc1cccc(C(=O)O)n1. The Balaban J connectivity index is 2.57. The van der Waals surface area contributed by atoms with E-state index in [9.17, 15) is 9.59 Å². The molecule has 1 rings (SSSR count). The third-order valence-electron chi connectivity index (χ3n) is 1.86. The van der Waals surface area contributed by atoms with Gasteiger partial charge in [-0.3, -0.25) is 4.79 Å². The van der Waals surface area contributed by atoms with Crippen LogP contribution in [0, 0.1) is 0 Å². The first-order valence-electron chi connectivity index (χ1n) is 4.98. The summed E-state index contributed by atoms with van der Waals surface area (Å²) in [5, 5.41) is 8.70. The number of nitrogens with zero attached hydrogens (tertiary/aromatic N) is 1. The van der Waals surface area contributed by atoms with Gasteiger partial charge >= 0.3 is 11.9 Å². The van der Waals surface area contributed by atoms with Crippen LogP contribution in [0.25, 0.3) is 0 Å². The van der Waals surface area contributed by atoms with E-state index in [1.165, 1.54) is 6.07 Å². The van der Waals surface area contributed by atoms with Crippen molar-refractivity contribution >= 4 is 11.9 Å². The molecular weight excluding hydrogens is 210 g/mol. The Morgan fingerprint density at radius 1 is 1.44 bits per heavy atom. The highest BCUT2D eigenvalue weighted by Gasteiger charge is 2.06. The lowest BCUT2D eigenvalue weighted by molar-refractivity contribution is -0.145. The Bertz CT molecular complexity index is 389. The molecule has 1 N–H and O–H groups in total. The molecule has 16 heavy (non-hydrogen) atoms. The van der Waals surface area contributed by atoms with E-state index in [4.69, 9.17) is 9.84 Å². The molecule has 0 aliphatic rings. The number of ether oxygens (including phenoxy) is 1. The van der Waals surface area contributed by atoms with Crippen molar-refractivity contribution in [3.8, 4) is 0 Å². The van der Waals surface area contributed by atoms with Gasteiger partial charge in [0.1, 0.15) is 12.3 Å². The summed E-state index contributed by atoms with van der Waals surface area (Å²) in [5.74, 6) is -1.40. The largest absolute Gasteiger partial charge is 0.477 e. The molecule has 0 amide bonds. The highest BCUT2D eigenvalue weighted by atomic mass is 16.5. The second-order valence-corrected chi connectivity index (χ2v) is 3.23. The van der Waals surface area contributed by atoms with Crippen molar-refractivity contribution in [2.75, 3.05) is 0 Å². The summed E-state index contributed by atoms with van der Waals surface area (Å²) in [6.45, 7) is 1.89. The zero-order chi connectivity index (χ0) is 12.0. The van der Waals surface area contributed by atoms with Crippen LogP contribution in [0.5, 0.6) is 0 Å². The third-order valence-corrected chi connectivity index (χ3v) is 1.86. The fraction of sp³-hybridized carbons (Fsp3) is 0.364. The molecule has 0 fully saturated rings.